The van der Waals surface area contributed by atoms with Crippen LogP contribution in [0.1, 0.15) is 32.6 Å². The lowest BCUT2D eigenvalue weighted by molar-refractivity contribution is 0.0211. The third kappa shape index (κ3) is 6.69. The average molecular weight is 259 g/mol. The van der Waals surface area contributed by atoms with Crippen molar-refractivity contribution < 1.29 is 14.2 Å². The number of hydrogen-bond acceptors (Lipinski definition) is 4. The topological polar surface area (TPSA) is 39.7 Å². The molecule has 0 saturated carbocycles. The predicted octanol–water partition coefficient (Wildman–Crippen LogP) is 1.83. The van der Waals surface area contributed by atoms with Crippen molar-refractivity contribution in [3.63, 3.8) is 0 Å². The van der Waals surface area contributed by atoms with Gasteiger partial charge in [-0.15, -0.1) is 0 Å². The van der Waals surface area contributed by atoms with E-state index in [1.807, 2.05) is 0 Å². The minimum atomic E-state index is 0.637. The molecule has 18 heavy (non-hydrogen) atoms. The van der Waals surface area contributed by atoms with Crippen molar-refractivity contribution in [2.75, 3.05) is 46.7 Å². The Balaban J connectivity index is 2.09. The second-order valence-corrected chi connectivity index (χ2v) is 4.93. The maximum Gasteiger partial charge on any atom is 0.0700 e. The SMILES string of the molecule is CCCNC1CCOCC1CCCOCCOC. The van der Waals surface area contributed by atoms with Gasteiger partial charge in [0.15, 0.2) is 0 Å². The lowest BCUT2D eigenvalue weighted by atomic mass is 9.91. The van der Waals surface area contributed by atoms with Gasteiger partial charge in [0, 0.05) is 26.4 Å². The van der Waals surface area contributed by atoms with Crippen molar-refractivity contribution in [3.05, 3.63) is 0 Å². The Morgan fingerprint density at radius 1 is 1.28 bits per heavy atom. The molecule has 4 heteroatoms. The Morgan fingerprint density at radius 2 is 2.17 bits per heavy atom. The van der Waals surface area contributed by atoms with Crippen molar-refractivity contribution >= 4 is 0 Å². The number of methoxy groups -OCH3 is 1. The third-order valence-corrected chi connectivity index (χ3v) is 3.43. The molecule has 1 aliphatic rings. The number of rotatable bonds is 10. The zero-order valence-electron chi connectivity index (χ0n) is 12.0. The molecule has 1 aliphatic heterocycles. The smallest absolute Gasteiger partial charge is 0.0700 e. The molecule has 1 fully saturated rings. The molecule has 0 aromatic rings. The van der Waals surface area contributed by atoms with Crippen LogP contribution >= 0.6 is 0 Å². The highest BCUT2D eigenvalue weighted by Gasteiger charge is 2.24. The van der Waals surface area contributed by atoms with Gasteiger partial charge in [-0.3, -0.25) is 0 Å². The summed E-state index contributed by atoms with van der Waals surface area (Å²) in [6.45, 7) is 7.36. The molecule has 0 amide bonds. The summed E-state index contributed by atoms with van der Waals surface area (Å²) in [5.41, 5.74) is 0. The molecule has 1 heterocycles. The molecule has 0 bridgehead atoms. The van der Waals surface area contributed by atoms with Crippen LogP contribution in [0.3, 0.4) is 0 Å². The van der Waals surface area contributed by atoms with Gasteiger partial charge in [0.05, 0.1) is 19.8 Å². The molecule has 2 atom stereocenters. The van der Waals surface area contributed by atoms with E-state index in [0.717, 1.165) is 39.2 Å². The monoisotopic (exact) mass is 259 g/mol. The van der Waals surface area contributed by atoms with E-state index in [2.05, 4.69) is 12.2 Å². The van der Waals surface area contributed by atoms with Crippen molar-refractivity contribution in [1.82, 2.24) is 5.32 Å². The molecule has 0 radical (unpaired) electrons. The summed E-state index contributed by atoms with van der Waals surface area (Å²) < 4.78 is 16.0. The maximum atomic E-state index is 5.59. The van der Waals surface area contributed by atoms with Crippen LogP contribution in [0.25, 0.3) is 0 Å². The molecular weight excluding hydrogens is 230 g/mol. The fourth-order valence-corrected chi connectivity index (χ4v) is 2.37. The number of hydrogen-bond donors (Lipinski definition) is 1. The highest BCUT2D eigenvalue weighted by molar-refractivity contribution is 4.79. The van der Waals surface area contributed by atoms with Crippen molar-refractivity contribution in [3.8, 4) is 0 Å². The van der Waals surface area contributed by atoms with E-state index in [9.17, 15) is 0 Å². The zero-order valence-corrected chi connectivity index (χ0v) is 12.0. The molecule has 108 valence electrons. The van der Waals surface area contributed by atoms with Crippen LogP contribution in [0.4, 0.5) is 0 Å². The van der Waals surface area contributed by atoms with Gasteiger partial charge >= 0.3 is 0 Å². The molecule has 0 aromatic heterocycles. The summed E-state index contributed by atoms with van der Waals surface area (Å²) in [6, 6.07) is 0.637. The van der Waals surface area contributed by atoms with Gasteiger partial charge in [0.1, 0.15) is 0 Å². The van der Waals surface area contributed by atoms with Gasteiger partial charge < -0.3 is 19.5 Å². The van der Waals surface area contributed by atoms with Crippen LogP contribution in [-0.4, -0.2) is 52.7 Å². The van der Waals surface area contributed by atoms with Gasteiger partial charge in [-0.05, 0) is 38.1 Å². The van der Waals surface area contributed by atoms with Crippen LogP contribution in [0, 0.1) is 5.92 Å². The van der Waals surface area contributed by atoms with Crippen LogP contribution in [0.15, 0.2) is 0 Å². The Labute approximate surface area is 111 Å². The first-order chi connectivity index (χ1) is 8.88. The molecule has 0 aromatic carbocycles. The lowest BCUT2D eigenvalue weighted by Gasteiger charge is -2.32. The Hall–Kier alpha value is -0.160. The third-order valence-electron chi connectivity index (χ3n) is 3.43. The quantitative estimate of drug-likeness (QED) is 0.608. The van der Waals surface area contributed by atoms with Crippen LogP contribution < -0.4 is 5.32 Å². The predicted molar refractivity (Wildman–Crippen MR) is 72.9 cm³/mol. The summed E-state index contributed by atoms with van der Waals surface area (Å²) in [5, 5.41) is 3.64. The van der Waals surface area contributed by atoms with Gasteiger partial charge in [0.25, 0.3) is 0 Å². The number of ether oxygens (including phenoxy) is 3. The minimum Gasteiger partial charge on any atom is -0.382 e. The number of nitrogens with one attached hydrogen (secondary N) is 1. The highest BCUT2D eigenvalue weighted by atomic mass is 16.5. The van der Waals surface area contributed by atoms with E-state index in [1.165, 1.54) is 12.8 Å². The second kappa shape index (κ2) is 10.7. The zero-order chi connectivity index (χ0) is 13.1. The van der Waals surface area contributed by atoms with E-state index in [0.29, 0.717) is 25.2 Å². The van der Waals surface area contributed by atoms with Gasteiger partial charge in [0.2, 0.25) is 0 Å². The Morgan fingerprint density at radius 3 is 2.94 bits per heavy atom. The molecule has 2 unspecified atom stereocenters. The summed E-state index contributed by atoms with van der Waals surface area (Å²) in [4.78, 5) is 0. The Kier molecular flexibility index (Phi) is 9.48. The largest absolute Gasteiger partial charge is 0.382 e. The first-order valence-electron chi connectivity index (χ1n) is 7.26. The molecule has 1 rings (SSSR count). The maximum absolute atomic E-state index is 5.59. The molecule has 0 aliphatic carbocycles. The fourth-order valence-electron chi connectivity index (χ4n) is 2.37. The first kappa shape index (κ1) is 15.9. The van der Waals surface area contributed by atoms with Crippen molar-refractivity contribution in [1.29, 1.82) is 0 Å². The summed E-state index contributed by atoms with van der Waals surface area (Å²) in [6.07, 6.45) is 4.65. The summed E-state index contributed by atoms with van der Waals surface area (Å²) in [7, 11) is 1.70. The van der Waals surface area contributed by atoms with Gasteiger partial charge in [-0.1, -0.05) is 6.92 Å². The van der Waals surface area contributed by atoms with Crippen LogP contribution in [0.5, 0.6) is 0 Å². The van der Waals surface area contributed by atoms with E-state index < -0.39 is 0 Å². The van der Waals surface area contributed by atoms with Crippen molar-refractivity contribution in [2.45, 2.75) is 38.6 Å². The highest BCUT2D eigenvalue weighted by Crippen LogP contribution is 2.19. The second-order valence-electron chi connectivity index (χ2n) is 4.93. The van der Waals surface area contributed by atoms with E-state index in [-0.39, 0.29) is 0 Å². The van der Waals surface area contributed by atoms with Crippen molar-refractivity contribution in [2.24, 2.45) is 5.92 Å². The van der Waals surface area contributed by atoms with Gasteiger partial charge in [-0.25, -0.2) is 0 Å². The van der Waals surface area contributed by atoms with E-state index >= 15 is 0 Å². The Bertz CT molecular complexity index is 190. The lowest BCUT2D eigenvalue weighted by Crippen LogP contribution is -2.43. The standard InChI is InChI=1S/C14H29NO3/c1-3-7-15-14-6-9-18-12-13(14)5-4-8-17-11-10-16-2/h13-15H,3-12H2,1-2H3. The van der Waals surface area contributed by atoms with Crippen LogP contribution in [-0.2, 0) is 14.2 Å². The van der Waals surface area contributed by atoms with Gasteiger partial charge in [-0.2, -0.15) is 0 Å². The molecule has 1 N–H and O–H groups in total. The molecule has 0 spiro atoms. The summed E-state index contributed by atoms with van der Waals surface area (Å²) >= 11 is 0. The summed E-state index contributed by atoms with van der Waals surface area (Å²) in [5.74, 6) is 0.649. The first-order valence-corrected chi connectivity index (χ1v) is 7.26. The molecule has 1 saturated heterocycles. The molecular formula is C14H29NO3. The van der Waals surface area contributed by atoms with Crippen LogP contribution in [0.2, 0.25) is 0 Å². The van der Waals surface area contributed by atoms with E-state index in [1.54, 1.807) is 7.11 Å². The fraction of sp³-hybridized carbons (Fsp3) is 1.00. The normalized spacial score (nSPS) is 24.3. The molecule has 4 nitrogen and oxygen atoms in total. The minimum absolute atomic E-state index is 0.637. The van der Waals surface area contributed by atoms with E-state index in [4.69, 9.17) is 14.2 Å². The average Bonchev–Trinajstić information content (AvgIpc) is 2.41.